The van der Waals surface area contributed by atoms with Gasteiger partial charge in [0.25, 0.3) is 0 Å². The van der Waals surface area contributed by atoms with E-state index in [0.717, 1.165) is 12.0 Å². The van der Waals surface area contributed by atoms with Crippen molar-refractivity contribution in [1.82, 2.24) is 0 Å². The van der Waals surface area contributed by atoms with Gasteiger partial charge >= 0.3 is 0 Å². The van der Waals surface area contributed by atoms with E-state index < -0.39 is 5.83 Å². The van der Waals surface area contributed by atoms with Crippen LogP contribution >= 0.6 is 0 Å². The van der Waals surface area contributed by atoms with Gasteiger partial charge in [-0.05, 0) is 59.4 Å². The average Bonchev–Trinajstić information content (AvgIpc) is 2.55. The number of carbonyl (C=O) groups is 1. The number of benzene rings is 1. The van der Waals surface area contributed by atoms with Crippen LogP contribution in [0.15, 0.2) is 24.0 Å². The summed E-state index contributed by atoms with van der Waals surface area (Å²) in [6, 6.07) is 4.08. The van der Waals surface area contributed by atoms with Gasteiger partial charge in [0.05, 0.1) is 6.61 Å². The molecule has 0 radical (unpaired) electrons. The van der Waals surface area contributed by atoms with Crippen LogP contribution in [-0.4, -0.2) is 12.9 Å². The lowest BCUT2D eigenvalue weighted by atomic mass is 9.67. The van der Waals surface area contributed by atoms with E-state index in [0.29, 0.717) is 36.2 Å². The second-order valence-electron chi connectivity index (χ2n) is 8.58. The smallest absolute Gasteiger partial charge is 0.178 e. The molecule has 0 aromatic heterocycles. The van der Waals surface area contributed by atoms with E-state index in [9.17, 15) is 9.18 Å². The Balaban J connectivity index is 2.85. The fourth-order valence-electron chi connectivity index (χ4n) is 3.72. The van der Waals surface area contributed by atoms with Crippen LogP contribution < -0.4 is 4.74 Å². The summed E-state index contributed by atoms with van der Waals surface area (Å²) >= 11 is 0. The van der Waals surface area contributed by atoms with Gasteiger partial charge in [-0.25, -0.2) is 4.39 Å². The first-order chi connectivity index (χ1) is 12.1. The van der Waals surface area contributed by atoms with Gasteiger partial charge in [-0.3, -0.25) is 4.79 Å². The summed E-state index contributed by atoms with van der Waals surface area (Å²) in [6.07, 6.45) is 3.98. The number of rotatable bonds is 5. The summed E-state index contributed by atoms with van der Waals surface area (Å²) in [5.41, 5.74) is 4.67. The molecule has 1 aliphatic carbocycles. The molecule has 2 nitrogen and oxygen atoms in total. The van der Waals surface area contributed by atoms with Gasteiger partial charge < -0.3 is 4.74 Å². The summed E-state index contributed by atoms with van der Waals surface area (Å²) in [7, 11) is 0. The molecule has 0 aliphatic heterocycles. The summed E-state index contributed by atoms with van der Waals surface area (Å²) < 4.78 is 20.1. The monoisotopic (exact) mass is 358 g/mol. The quantitative estimate of drug-likeness (QED) is 0.444. The summed E-state index contributed by atoms with van der Waals surface area (Å²) in [4.78, 5) is 11.1. The molecule has 0 saturated heterocycles. The van der Waals surface area contributed by atoms with Crippen molar-refractivity contribution in [3.8, 4) is 5.75 Å². The molecule has 0 bridgehead atoms. The minimum atomic E-state index is -0.718. The second kappa shape index (κ2) is 7.38. The van der Waals surface area contributed by atoms with E-state index in [-0.39, 0.29) is 10.8 Å². The number of hydrogen-bond donors (Lipinski definition) is 0. The van der Waals surface area contributed by atoms with Crippen molar-refractivity contribution in [2.45, 2.75) is 66.7 Å². The number of carbonyl (C=O) groups excluding carboxylic acids is 1. The highest BCUT2D eigenvalue weighted by Crippen LogP contribution is 2.48. The maximum absolute atomic E-state index is 14.3. The molecule has 1 aromatic carbocycles. The molecule has 1 aliphatic rings. The normalized spacial score (nSPS) is 17.2. The molecule has 3 heteroatoms. The van der Waals surface area contributed by atoms with Gasteiger partial charge in [0, 0.05) is 11.1 Å². The predicted molar refractivity (Wildman–Crippen MR) is 107 cm³/mol. The zero-order chi connectivity index (χ0) is 19.7. The van der Waals surface area contributed by atoms with Crippen molar-refractivity contribution in [1.29, 1.82) is 0 Å². The number of fused-ring (bicyclic) bond motifs is 1. The van der Waals surface area contributed by atoms with Gasteiger partial charge in [-0.1, -0.05) is 47.6 Å². The van der Waals surface area contributed by atoms with E-state index in [4.69, 9.17) is 4.74 Å². The fraction of sp³-hybridized carbons (Fsp3) is 0.522. The Bertz CT molecular complexity index is 761. The summed E-state index contributed by atoms with van der Waals surface area (Å²) in [5, 5.41) is 0. The van der Waals surface area contributed by atoms with Gasteiger partial charge in [0.2, 0.25) is 0 Å². The zero-order valence-electron chi connectivity index (χ0n) is 17.1. The lowest BCUT2D eigenvalue weighted by Gasteiger charge is -2.37. The Kier molecular flexibility index (Phi) is 5.79. The molecule has 0 atom stereocenters. The number of halogens is 1. The largest absolute Gasteiger partial charge is 0.493 e. The van der Waals surface area contributed by atoms with E-state index in [1.54, 1.807) is 0 Å². The van der Waals surface area contributed by atoms with E-state index in [1.807, 2.05) is 19.9 Å². The maximum atomic E-state index is 14.3. The molecule has 0 unspecified atom stereocenters. The summed E-state index contributed by atoms with van der Waals surface area (Å²) in [5.74, 6) is -0.0619. The lowest BCUT2D eigenvalue weighted by Crippen LogP contribution is -2.25. The van der Waals surface area contributed by atoms with Crippen LogP contribution in [0.1, 0.15) is 78.0 Å². The SMILES string of the molecule is CCOc1cc2c(cc1/C(CC)=C(/F)C=O)C(C(C)(C)C)=CCC2(C)C. The van der Waals surface area contributed by atoms with Crippen molar-refractivity contribution >= 4 is 17.4 Å². The molecule has 26 heavy (non-hydrogen) atoms. The Morgan fingerprint density at radius 1 is 1.27 bits per heavy atom. The van der Waals surface area contributed by atoms with Crippen molar-refractivity contribution in [3.63, 3.8) is 0 Å². The molecule has 0 heterocycles. The van der Waals surface area contributed by atoms with Crippen LogP contribution in [0.3, 0.4) is 0 Å². The van der Waals surface area contributed by atoms with E-state index >= 15 is 0 Å². The molecule has 0 amide bonds. The minimum Gasteiger partial charge on any atom is -0.493 e. The first-order valence-electron chi connectivity index (χ1n) is 9.43. The molecular formula is C23H31FO2. The van der Waals surface area contributed by atoms with Crippen LogP contribution in [0.2, 0.25) is 0 Å². The molecule has 0 saturated carbocycles. The third-order valence-electron chi connectivity index (χ3n) is 5.13. The standard InChI is InChI=1S/C23H31FO2/c1-8-15(20(24)14-25)16-12-17-18(22(3,4)5)10-11-23(6,7)19(17)13-21(16)26-9-2/h10,12-14H,8-9,11H2,1-7H3/b20-15+. The highest BCUT2D eigenvalue weighted by molar-refractivity contribution is 5.89. The highest BCUT2D eigenvalue weighted by atomic mass is 19.1. The van der Waals surface area contributed by atoms with Crippen LogP contribution in [0.4, 0.5) is 4.39 Å². The first kappa shape index (κ1) is 20.4. The number of allylic oxidation sites excluding steroid dienone is 4. The Hall–Kier alpha value is -1.90. The minimum absolute atomic E-state index is 0.0189. The third-order valence-corrected chi connectivity index (χ3v) is 5.13. The highest BCUT2D eigenvalue weighted by Gasteiger charge is 2.34. The lowest BCUT2D eigenvalue weighted by molar-refractivity contribution is -0.106. The van der Waals surface area contributed by atoms with Crippen LogP contribution in [0, 0.1) is 5.41 Å². The number of aldehydes is 1. The van der Waals surface area contributed by atoms with Gasteiger partial charge in [0.15, 0.2) is 12.1 Å². The average molecular weight is 358 g/mol. The Labute approximate surface area is 157 Å². The summed E-state index contributed by atoms with van der Waals surface area (Å²) in [6.45, 7) is 15.3. The van der Waals surface area contributed by atoms with Crippen molar-refractivity contribution in [2.75, 3.05) is 6.61 Å². The predicted octanol–water partition coefficient (Wildman–Crippen LogP) is 6.49. The van der Waals surface area contributed by atoms with Gasteiger partial charge in [-0.15, -0.1) is 0 Å². The number of hydrogen-bond acceptors (Lipinski definition) is 2. The molecule has 0 N–H and O–H groups in total. The van der Waals surface area contributed by atoms with Crippen molar-refractivity contribution in [3.05, 3.63) is 40.7 Å². The first-order valence-corrected chi connectivity index (χ1v) is 9.43. The van der Waals surface area contributed by atoms with E-state index in [1.165, 1.54) is 11.1 Å². The molecule has 2 rings (SSSR count). The van der Waals surface area contributed by atoms with Gasteiger partial charge in [0.1, 0.15) is 5.75 Å². The number of ether oxygens (including phenoxy) is 1. The Morgan fingerprint density at radius 3 is 2.42 bits per heavy atom. The molecule has 0 spiro atoms. The molecule has 1 aromatic rings. The maximum Gasteiger partial charge on any atom is 0.178 e. The van der Waals surface area contributed by atoms with Crippen LogP contribution in [0.5, 0.6) is 5.75 Å². The van der Waals surface area contributed by atoms with Crippen LogP contribution in [0.25, 0.3) is 11.1 Å². The second-order valence-corrected chi connectivity index (χ2v) is 8.58. The third kappa shape index (κ3) is 3.77. The zero-order valence-corrected chi connectivity index (χ0v) is 17.1. The van der Waals surface area contributed by atoms with E-state index in [2.05, 4.69) is 46.8 Å². The Morgan fingerprint density at radius 2 is 1.92 bits per heavy atom. The molecule has 0 fully saturated rings. The topological polar surface area (TPSA) is 26.3 Å². The molecule has 142 valence electrons. The van der Waals surface area contributed by atoms with Crippen molar-refractivity contribution < 1.29 is 13.9 Å². The molecular weight excluding hydrogens is 327 g/mol. The van der Waals surface area contributed by atoms with Crippen molar-refractivity contribution in [2.24, 2.45) is 5.41 Å². The van der Waals surface area contributed by atoms with Crippen LogP contribution in [-0.2, 0) is 10.2 Å². The fourth-order valence-corrected chi connectivity index (χ4v) is 3.72. The van der Waals surface area contributed by atoms with Gasteiger partial charge in [-0.2, -0.15) is 0 Å².